The second-order valence-corrected chi connectivity index (χ2v) is 12.1. The predicted octanol–water partition coefficient (Wildman–Crippen LogP) is 7.61. The monoisotopic (exact) mass is 377 g/mol. The Balaban J connectivity index is 0.000000260. The molecule has 0 saturated heterocycles. The van der Waals surface area contributed by atoms with Crippen molar-refractivity contribution in [3.63, 3.8) is 0 Å². The van der Waals surface area contributed by atoms with Crippen LogP contribution in [0.1, 0.15) is 105 Å². The van der Waals surface area contributed by atoms with E-state index in [1.54, 1.807) is 11.3 Å². The molecule has 148 valence electrons. The largest absolute Gasteiger partial charge is 0.465 e. The van der Waals surface area contributed by atoms with Crippen molar-refractivity contribution in [2.75, 3.05) is 0 Å². The normalized spacial score (nSPS) is 13.4. The van der Waals surface area contributed by atoms with Crippen LogP contribution in [0.5, 0.6) is 0 Å². The third kappa shape index (κ3) is 6.57. The van der Waals surface area contributed by atoms with Gasteiger partial charge in [-0.2, -0.15) is 0 Å². The Hall–Kier alpha value is -1.09. The summed E-state index contributed by atoms with van der Waals surface area (Å²) in [5, 5.41) is 3.41. The van der Waals surface area contributed by atoms with Gasteiger partial charge in [0, 0.05) is 27.0 Å². The van der Waals surface area contributed by atoms with Gasteiger partial charge in [0.1, 0.15) is 11.5 Å². The van der Waals surface area contributed by atoms with Crippen LogP contribution in [0.2, 0.25) is 0 Å². The van der Waals surface area contributed by atoms with Crippen LogP contribution in [-0.2, 0) is 21.7 Å². The van der Waals surface area contributed by atoms with Gasteiger partial charge in [-0.1, -0.05) is 83.1 Å². The van der Waals surface area contributed by atoms with E-state index in [9.17, 15) is 0 Å². The fourth-order valence-corrected chi connectivity index (χ4v) is 3.24. The van der Waals surface area contributed by atoms with E-state index in [1.807, 2.05) is 0 Å². The zero-order valence-corrected chi connectivity index (χ0v) is 19.8. The second kappa shape index (κ2) is 7.50. The number of furan rings is 1. The minimum atomic E-state index is 0.115. The first-order valence-corrected chi connectivity index (χ1v) is 10.4. The average molecular weight is 378 g/mol. The molecule has 0 spiro atoms. The van der Waals surface area contributed by atoms with Gasteiger partial charge in [0.25, 0.3) is 0 Å². The van der Waals surface area contributed by atoms with E-state index >= 15 is 0 Å². The Morgan fingerprint density at radius 1 is 0.654 bits per heavy atom. The van der Waals surface area contributed by atoms with Gasteiger partial charge >= 0.3 is 0 Å². The third-order valence-corrected chi connectivity index (χ3v) is 5.27. The Bertz CT molecular complexity index is 575. The molecule has 0 atom stereocenters. The van der Waals surface area contributed by atoms with Gasteiger partial charge in [-0.05, 0) is 12.1 Å². The van der Waals surface area contributed by atoms with Gasteiger partial charge < -0.3 is 4.42 Å². The van der Waals surface area contributed by atoms with Crippen LogP contribution in [0.25, 0.3) is 0 Å². The molecular formula is C23H39NOS. The van der Waals surface area contributed by atoms with Gasteiger partial charge in [-0.15, -0.1) is 11.3 Å². The maximum atomic E-state index is 5.81. The number of nitrogens with zero attached hydrogens (tertiary/aromatic N) is 1. The lowest BCUT2D eigenvalue weighted by Gasteiger charge is -2.17. The summed E-state index contributed by atoms with van der Waals surface area (Å²) in [6.45, 7) is 26.2. The van der Waals surface area contributed by atoms with Gasteiger partial charge in [0.05, 0.1) is 10.7 Å². The topological polar surface area (TPSA) is 26.0 Å². The van der Waals surface area contributed by atoms with Gasteiger partial charge in [0.2, 0.25) is 0 Å². The summed E-state index contributed by atoms with van der Waals surface area (Å²) in [4.78, 5) is 4.67. The summed E-state index contributed by atoms with van der Waals surface area (Å²) in [5.41, 5.74) is 1.81. The molecule has 2 nitrogen and oxygen atoms in total. The van der Waals surface area contributed by atoms with Crippen molar-refractivity contribution in [3.8, 4) is 0 Å². The molecule has 0 aliphatic rings. The minimum Gasteiger partial charge on any atom is -0.465 e. The molecular weight excluding hydrogens is 338 g/mol. The molecule has 0 fully saturated rings. The number of aromatic nitrogens is 1. The van der Waals surface area contributed by atoms with Gasteiger partial charge in [-0.25, -0.2) is 4.98 Å². The summed E-state index contributed by atoms with van der Waals surface area (Å²) in [7, 11) is 0. The fourth-order valence-electron chi connectivity index (χ4n) is 2.11. The lowest BCUT2D eigenvalue weighted by Crippen LogP contribution is -2.15. The van der Waals surface area contributed by atoms with E-state index in [0.29, 0.717) is 0 Å². The molecule has 0 aliphatic heterocycles. The molecule has 0 amide bonds. The summed E-state index contributed by atoms with van der Waals surface area (Å²) >= 11 is 1.77. The van der Waals surface area contributed by atoms with E-state index in [1.165, 1.54) is 10.7 Å². The third-order valence-electron chi connectivity index (χ3n) is 4.00. The zero-order valence-electron chi connectivity index (χ0n) is 19.0. The Kier molecular flexibility index (Phi) is 6.62. The molecule has 0 aromatic carbocycles. The smallest absolute Gasteiger partial charge is 0.109 e. The van der Waals surface area contributed by atoms with Gasteiger partial charge in [-0.3, -0.25) is 0 Å². The summed E-state index contributed by atoms with van der Waals surface area (Å²) in [5.74, 6) is 2.13. The highest BCUT2D eigenvalue weighted by Crippen LogP contribution is 2.31. The molecule has 26 heavy (non-hydrogen) atoms. The number of hydrogen-bond acceptors (Lipinski definition) is 3. The van der Waals surface area contributed by atoms with Crippen LogP contribution < -0.4 is 0 Å². The maximum absolute atomic E-state index is 5.81. The SMILES string of the molecule is CC(C)(C)c1ccc(C(C)(C)C)o1.CC(C)(C)c1csc(C(C)(C)C)n1. The van der Waals surface area contributed by atoms with Crippen molar-refractivity contribution in [2.24, 2.45) is 0 Å². The van der Waals surface area contributed by atoms with Crippen LogP contribution in [-0.4, -0.2) is 4.98 Å². The van der Waals surface area contributed by atoms with Gasteiger partial charge in [0.15, 0.2) is 0 Å². The molecule has 2 aromatic heterocycles. The van der Waals surface area contributed by atoms with Crippen molar-refractivity contribution in [3.05, 3.63) is 39.7 Å². The molecule has 0 unspecified atom stereocenters. The zero-order chi connectivity index (χ0) is 20.6. The highest BCUT2D eigenvalue weighted by atomic mass is 32.1. The Morgan fingerprint density at radius 3 is 1.27 bits per heavy atom. The van der Waals surface area contributed by atoms with Crippen LogP contribution in [0.3, 0.4) is 0 Å². The molecule has 0 N–H and O–H groups in total. The Morgan fingerprint density at radius 2 is 1.08 bits per heavy atom. The first kappa shape index (κ1) is 23.0. The van der Waals surface area contributed by atoms with Crippen LogP contribution in [0.15, 0.2) is 21.9 Å². The van der Waals surface area contributed by atoms with E-state index < -0.39 is 0 Å². The molecule has 2 rings (SSSR count). The standard InChI is InChI=1S/C12H20O.C11H19NS/c1-11(2,3)9-7-8-10(13-9)12(4,5)6;1-10(2,3)8-7-13-9(12-8)11(4,5)6/h7-8H,1-6H3;7H,1-6H3. The molecule has 2 heterocycles. The Labute approximate surface area is 165 Å². The van der Waals surface area contributed by atoms with E-state index in [4.69, 9.17) is 4.42 Å². The van der Waals surface area contributed by atoms with Crippen LogP contribution in [0.4, 0.5) is 0 Å². The van der Waals surface area contributed by atoms with E-state index in [2.05, 4.69) is 106 Å². The predicted molar refractivity (Wildman–Crippen MR) is 116 cm³/mol. The van der Waals surface area contributed by atoms with E-state index in [0.717, 1.165) is 11.5 Å². The number of thiazole rings is 1. The lowest BCUT2D eigenvalue weighted by molar-refractivity contribution is 0.344. The average Bonchev–Trinajstić information content (AvgIpc) is 3.06. The molecule has 0 aliphatic carbocycles. The first-order chi connectivity index (χ1) is 11.4. The van der Waals surface area contributed by atoms with Crippen LogP contribution >= 0.6 is 11.3 Å². The van der Waals surface area contributed by atoms with Crippen molar-refractivity contribution in [1.82, 2.24) is 4.98 Å². The van der Waals surface area contributed by atoms with Crippen molar-refractivity contribution in [1.29, 1.82) is 0 Å². The maximum Gasteiger partial charge on any atom is 0.109 e. The molecule has 3 heteroatoms. The minimum absolute atomic E-state index is 0.115. The van der Waals surface area contributed by atoms with Crippen molar-refractivity contribution < 1.29 is 4.42 Å². The number of hydrogen-bond donors (Lipinski definition) is 0. The summed E-state index contributed by atoms with van der Waals surface area (Å²) < 4.78 is 5.81. The molecule has 2 aromatic rings. The summed E-state index contributed by atoms with van der Waals surface area (Å²) in [6, 6.07) is 4.17. The first-order valence-electron chi connectivity index (χ1n) is 9.49. The van der Waals surface area contributed by atoms with Crippen molar-refractivity contribution >= 4 is 11.3 Å². The van der Waals surface area contributed by atoms with Crippen molar-refractivity contribution in [2.45, 2.75) is 105 Å². The molecule has 0 bridgehead atoms. The highest BCUT2D eigenvalue weighted by Gasteiger charge is 2.24. The second-order valence-electron chi connectivity index (χ2n) is 11.2. The lowest BCUT2D eigenvalue weighted by atomic mass is 9.92. The highest BCUT2D eigenvalue weighted by molar-refractivity contribution is 7.09. The fraction of sp³-hybridized carbons (Fsp3) is 0.696. The summed E-state index contributed by atoms with van der Waals surface area (Å²) in [6.07, 6.45) is 0. The number of rotatable bonds is 0. The quantitative estimate of drug-likeness (QED) is 0.472. The van der Waals surface area contributed by atoms with Crippen LogP contribution in [0, 0.1) is 0 Å². The van der Waals surface area contributed by atoms with E-state index in [-0.39, 0.29) is 21.7 Å². The molecule has 0 saturated carbocycles. The molecule has 0 radical (unpaired) electrons.